The molecule has 0 amide bonds. The summed E-state index contributed by atoms with van der Waals surface area (Å²) in [4.78, 5) is 0. The zero-order chi connectivity index (χ0) is 9.84. The summed E-state index contributed by atoms with van der Waals surface area (Å²) in [5.41, 5.74) is 0.241. The number of aliphatic hydroxyl groups excluding tert-OH is 2. The van der Waals surface area contributed by atoms with Gasteiger partial charge in [0.15, 0.2) is 0 Å². The Morgan fingerprint density at radius 2 is 2.15 bits per heavy atom. The van der Waals surface area contributed by atoms with Crippen molar-refractivity contribution in [1.82, 2.24) is 0 Å². The molecule has 0 aliphatic heterocycles. The molecule has 0 aromatic heterocycles. The van der Waals surface area contributed by atoms with Crippen molar-refractivity contribution >= 4 is 11.6 Å². The van der Waals surface area contributed by atoms with Crippen LogP contribution in [-0.4, -0.2) is 22.9 Å². The topological polar surface area (TPSA) is 40.5 Å². The molecule has 0 bridgehead atoms. The summed E-state index contributed by atoms with van der Waals surface area (Å²) in [6.07, 6.45) is -0.934. The molecule has 72 valence electrons. The Hall–Kier alpha value is -0.640. The van der Waals surface area contributed by atoms with Crippen molar-refractivity contribution in [2.45, 2.75) is 12.5 Å². The van der Waals surface area contributed by atoms with E-state index in [0.29, 0.717) is 0 Å². The highest BCUT2D eigenvalue weighted by Gasteiger charge is 2.11. The van der Waals surface area contributed by atoms with Gasteiger partial charge in [-0.2, -0.15) is 0 Å². The third-order valence-corrected chi connectivity index (χ3v) is 2.07. The van der Waals surface area contributed by atoms with Crippen molar-refractivity contribution in [3.63, 3.8) is 0 Å². The average molecular weight is 205 g/mol. The van der Waals surface area contributed by atoms with Crippen LogP contribution in [0.5, 0.6) is 0 Å². The maximum absolute atomic E-state index is 13.1. The summed E-state index contributed by atoms with van der Waals surface area (Å²) >= 11 is 5.70. The first kappa shape index (κ1) is 10.4. The molecule has 0 aliphatic carbocycles. The van der Waals surface area contributed by atoms with Gasteiger partial charge in [-0.1, -0.05) is 17.7 Å². The van der Waals surface area contributed by atoms with Gasteiger partial charge in [0.25, 0.3) is 0 Å². The number of hydrogen-bond donors (Lipinski definition) is 2. The van der Waals surface area contributed by atoms with Gasteiger partial charge in [0, 0.05) is 17.0 Å². The van der Waals surface area contributed by atoms with Crippen molar-refractivity contribution in [3.05, 3.63) is 34.6 Å². The smallest absolute Gasteiger partial charge is 0.127 e. The second-order valence-corrected chi connectivity index (χ2v) is 3.15. The standard InChI is InChI=1S/C9H10ClFO2/c10-8-2-1-3-9(11)7(8)4-6(13)5-12/h1-3,6,12-13H,4-5H2/t6-/m1/s1. The molecule has 1 aromatic carbocycles. The van der Waals surface area contributed by atoms with E-state index in [9.17, 15) is 4.39 Å². The molecule has 4 heteroatoms. The van der Waals surface area contributed by atoms with E-state index in [1.807, 2.05) is 0 Å². The highest BCUT2D eigenvalue weighted by molar-refractivity contribution is 6.31. The minimum absolute atomic E-state index is 0.0298. The first-order chi connectivity index (χ1) is 6.15. The third kappa shape index (κ3) is 2.66. The molecule has 0 spiro atoms. The van der Waals surface area contributed by atoms with E-state index < -0.39 is 18.5 Å². The van der Waals surface area contributed by atoms with Gasteiger partial charge in [-0.3, -0.25) is 0 Å². The summed E-state index contributed by atoms with van der Waals surface area (Å²) in [6.45, 7) is -0.398. The molecule has 0 saturated heterocycles. The first-order valence-electron chi connectivity index (χ1n) is 3.87. The highest BCUT2D eigenvalue weighted by Crippen LogP contribution is 2.20. The highest BCUT2D eigenvalue weighted by atomic mass is 35.5. The van der Waals surface area contributed by atoms with Gasteiger partial charge in [-0.15, -0.1) is 0 Å². The summed E-state index contributed by atoms with van der Waals surface area (Å²) in [7, 11) is 0. The Kier molecular flexibility index (Phi) is 3.66. The van der Waals surface area contributed by atoms with Crippen LogP contribution in [0.25, 0.3) is 0 Å². The Morgan fingerprint density at radius 3 is 2.69 bits per heavy atom. The Bertz CT molecular complexity index is 271. The first-order valence-corrected chi connectivity index (χ1v) is 4.24. The molecule has 0 radical (unpaired) electrons. The molecular weight excluding hydrogens is 195 g/mol. The summed E-state index contributed by atoms with van der Waals surface area (Å²) < 4.78 is 13.1. The largest absolute Gasteiger partial charge is 0.394 e. The van der Waals surface area contributed by atoms with Gasteiger partial charge in [0.1, 0.15) is 5.82 Å². The number of benzene rings is 1. The van der Waals surface area contributed by atoms with Crippen LogP contribution < -0.4 is 0 Å². The molecule has 0 unspecified atom stereocenters. The van der Waals surface area contributed by atoms with Crippen molar-refractivity contribution < 1.29 is 14.6 Å². The molecule has 1 aromatic rings. The van der Waals surface area contributed by atoms with E-state index in [-0.39, 0.29) is 17.0 Å². The van der Waals surface area contributed by atoms with E-state index in [4.69, 9.17) is 21.8 Å². The lowest BCUT2D eigenvalue weighted by Crippen LogP contribution is -2.16. The maximum atomic E-state index is 13.1. The second-order valence-electron chi connectivity index (χ2n) is 2.74. The molecule has 1 rings (SSSR count). The van der Waals surface area contributed by atoms with E-state index in [0.717, 1.165) is 0 Å². The fourth-order valence-corrected chi connectivity index (χ4v) is 1.27. The molecule has 13 heavy (non-hydrogen) atoms. The fourth-order valence-electron chi connectivity index (χ4n) is 1.03. The zero-order valence-electron chi connectivity index (χ0n) is 6.87. The molecule has 0 fully saturated rings. The molecule has 0 heterocycles. The van der Waals surface area contributed by atoms with Gasteiger partial charge in [-0.05, 0) is 12.1 Å². The molecular formula is C9H10ClFO2. The number of hydrogen-bond acceptors (Lipinski definition) is 2. The monoisotopic (exact) mass is 204 g/mol. The molecule has 1 atom stereocenters. The summed E-state index contributed by atoms with van der Waals surface area (Å²) in [5, 5.41) is 17.9. The Morgan fingerprint density at radius 1 is 1.46 bits per heavy atom. The van der Waals surface area contributed by atoms with Gasteiger partial charge < -0.3 is 10.2 Å². The van der Waals surface area contributed by atoms with Crippen LogP contribution in [0.4, 0.5) is 4.39 Å². The predicted molar refractivity (Wildman–Crippen MR) is 48.2 cm³/mol. The molecule has 2 N–H and O–H groups in total. The van der Waals surface area contributed by atoms with E-state index in [2.05, 4.69) is 0 Å². The van der Waals surface area contributed by atoms with Crippen molar-refractivity contribution in [2.75, 3.05) is 6.61 Å². The lowest BCUT2D eigenvalue weighted by atomic mass is 10.1. The van der Waals surface area contributed by atoms with Gasteiger partial charge >= 0.3 is 0 Å². The quantitative estimate of drug-likeness (QED) is 0.781. The normalized spacial score (nSPS) is 12.9. The van der Waals surface area contributed by atoms with E-state index >= 15 is 0 Å². The maximum Gasteiger partial charge on any atom is 0.127 e. The van der Waals surface area contributed by atoms with Crippen LogP contribution in [0.2, 0.25) is 5.02 Å². The van der Waals surface area contributed by atoms with Gasteiger partial charge in [0.2, 0.25) is 0 Å². The molecule has 0 saturated carbocycles. The molecule has 0 aliphatic rings. The van der Waals surface area contributed by atoms with Crippen LogP contribution in [0, 0.1) is 5.82 Å². The lowest BCUT2D eigenvalue weighted by Gasteiger charge is -2.09. The van der Waals surface area contributed by atoms with Crippen LogP contribution in [-0.2, 0) is 6.42 Å². The number of aliphatic hydroxyl groups is 2. The minimum Gasteiger partial charge on any atom is -0.394 e. The SMILES string of the molecule is OC[C@H](O)Cc1c(F)cccc1Cl. The summed E-state index contributed by atoms with van der Waals surface area (Å²) in [6, 6.07) is 4.31. The third-order valence-electron chi connectivity index (χ3n) is 1.71. The van der Waals surface area contributed by atoms with Crippen LogP contribution in [0.3, 0.4) is 0 Å². The minimum atomic E-state index is -0.964. The van der Waals surface area contributed by atoms with Crippen molar-refractivity contribution in [3.8, 4) is 0 Å². The second kappa shape index (κ2) is 4.56. The van der Waals surface area contributed by atoms with Gasteiger partial charge in [0.05, 0.1) is 12.7 Å². The predicted octanol–water partition coefficient (Wildman–Crippen LogP) is 1.37. The fraction of sp³-hybridized carbons (Fsp3) is 0.333. The average Bonchev–Trinajstić information content (AvgIpc) is 2.11. The number of halogens is 2. The van der Waals surface area contributed by atoms with Gasteiger partial charge in [-0.25, -0.2) is 4.39 Å². The van der Waals surface area contributed by atoms with Crippen molar-refractivity contribution in [2.24, 2.45) is 0 Å². The summed E-state index contributed by atoms with van der Waals surface area (Å²) in [5.74, 6) is -0.458. The van der Waals surface area contributed by atoms with Crippen LogP contribution in [0.15, 0.2) is 18.2 Å². The zero-order valence-corrected chi connectivity index (χ0v) is 7.63. The Balaban J connectivity index is 2.87. The Labute approximate surface area is 80.6 Å². The van der Waals surface area contributed by atoms with Crippen LogP contribution in [0.1, 0.15) is 5.56 Å². The van der Waals surface area contributed by atoms with Crippen molar-refractivity contribution in [1.29, 1.82) is 0 Å². The molecule has 2 nitrogen and oxygen atoms in total. The number of rotatable bonds is 3. The lowest BCUT2D eigenvalue weighted by molar-refractivity contribution is 0.0948. The van der Waals surface area contributed by atoms with E-state index in [1.165, 1.54) is 12.1 Å². The van der Waals surface area contributed by atoms with Crippen LogP contribution >= 0.6 is 11.6 Å². The van der Waals surface area contributed by atoms with E-state index in [1.54, 1.807) is 6.07 Å².